The third kappa shape index (κ3) is 4.38. The van der Waals surface area contributed by atoms with Crippen LogP contribution in [0.25, 0.3) is 0 Å². The Hall–Kier alpha value is -1.04. The highest BCUT2D eigenvalue weighted by molar-refractivity contribution is 5.24. The summed E-state index contributed by atoms with van der Waals surface area (Å²) in [4.78, 5) is 0. The Balaban J connectivity index is 4.22. The molecule has 0 rings (SSSR count). The van der Waals surface area contributed by atoms with Crippen LogP contribution < -0.4 is 5.73 Å². The maximum atomic E-state index is 5.61. The summed E-state index contributed by atoms with van der Waals surface area (Å²) in [5, 5.41) is 0. The van der Waals surface area contributed by atoms with Crippen LogP contribution >= 0.6 is 0 Å². The van der Waals surface area contributed by atoms with Gasteiger partial charge in [-0.1, -0.05) is 24.8 Å². The molecule has 0 aromatic carbocycles. The Morgan fingerprint density at radius 2 is 2.18 bits per heavy atom. The molecule has 0 fully saturated rings. The molecule has 0 aliphatic carbocycles. The summed E-state index contributed by atoms with van der Waals surface area (Å²) < 4.78 is 0. The fraction of sp³-hybridized carbons (Fsp3) is 0.300. The van der Waals surface area contributed by atoms with Crippen molar-refractivity contribution in [3.8, 4) is 0 Å². The van der Waals surface area contributed by atoms with Gasteiger partial charge in [0.05, 0.1) is 0 Å². The van der Waals surface area contributed by atoms with Gasteiger partial charge in [0.2, 0.25) is 0 Å². The predicted molar refractivity (Wildman–Crippen MR) is 50.3 cm³/mol. The monoisotopic (exact) mass is 149 g/mol. The van der Waals surface area contributed by atoms with Crippen LogP contribution in [0.2, 0.25) is 0 Å². The van der Waals surface area contributed by atoms with Gasteiger partial charge < -0.3 is 5.73 Å². The molecule has 0 aliphatic rings. The molecule has 60 valence electrons. The van der Waals surface area contributed by atoms with E-state index in [4.69, 9.17) is 5.73 Å². The zero-order valence-electron chi connectivity index (χ0n) is 7.17. The van der Waals surface area contributed by atoms with Crippen molar-refractivity contribution in [2.45, 2.75) is 19.9 Å². The Morgan fingerprint density at radius 1 is 1.55 bits per heavy atom. The zero-order chi connectivity index (χ0) is 8.69. The first-order valence-electron chi connectivity index (χ1n) is 3.67. The summed E-state index contributed by atoms with van der Waals surface area (Å²) in [6.45, 7) is 7.42. The van der Waals surface area contributed by atoms with Crippen LogP contribution in [-0.4, -0.2) is 6.04 Å². The summed E-state index contributed by atoms with van der Waals surface area (Å²) in [5.41, 5.74) is 9.33. The van der Waals surface area contributed by atoms with Crippen molar-refractivity contribution < 1.29 is 0 Å². The van der Waals surface area contributed by atoms with E-state index in [0.717, 1.165) is 5.57 Å². The first-order chi connectivity index (χ1) is 5.22. The van der Waals surface area contributed by atoms with Crippen LogP contribution in [0.5, 0.6) is 0 Å². The van der Waals surface area contributed by atoms with E-state index in [1.54, 1.807) is 0 Å². The Bertz CT molecular complexity index is 203. The lowest BCUT2D eigenvalue weighted by atomic mass is 10.1. The second-order valence-electron chi connectivity index (χ2n) is 2.31. The van der Waals surface area contributed by atoms with Crippen molar-refractivity contribution in [2.75, 3.05) is 0 Å². The molecule has 2 N–H and O–H groups in total. The van der Waals surface area contributed by atoms with Gasteiger partial charge >= 0.3 is 0 Å². The van der Waals surface area contributed by atoms with Gasteiger partial charge in [0, 0.05) is 11.6 Å². The van der Waals surface area contributed by atoms with Gasteiger partial charge in [-0.15, -0.1) is 5.73 Å². The van der Waals surface area contributed by atoms with Crippen LogP contribution in [0.1, 0.15) is 13.8 Å². The average Bonchev–Trinajstić information content (AvgIpc) is 1.97. The van der Waals surface area contributed by atoms with Crippen molar-refractivity contribution in [3.05, 3.63) is 42.2 Å². The van der Waals surface area contributed by atoms with Crippen LogP contribution in [0, 0.1) is 0 Å². The number of hydrogen-bond acceptors (Lipinski definition) is 1. The molecule has 0 saturated carbocycles. The van der Waals surface area contributed by atoms with Crippen molar-refractivity contribution in [3.63, 3.8) is 0 Å². The molecule has 0 unspecified atom stereocenters. The van der Waals surface area contributed by atoms with E-state index < -0.39 is 0 Å². The molecule has 0 aromatic heterocycles. The Labute approximate surface area is 68.6 Å². The normalized spacial score (nSPS) is 13.7. The lowest BCUT2D eigenvalue weighted by Crippen LogP contribution is -2.15. The standard InChI is InChI=1S/C10H15N/c1-4-6-7-8-10(5-2)9(3)11/h4,6-9H,2,11H2,1,3H3/b6-4-,8-7-/t9-/m0/s1. The van der Waals surface area contributed by atoms with Gasteiger partial charge in [-0.3, -0.25) is 0 Å². The van der Waals surface area contributed by atoms with Crippen LogP contribution in [0.4, 0.5) is 0 Å². The van der Waals surface area contributed by atoms with Gasteiger partial charge in [-0.25, -0.2) is 0 Å². The largest absolute Gasteiger partial charge is 0.324 e. The molecular weight excluding hydrogens is 134 g/mol. The van der Waals surface area contributed by atoms with Crippen molar-refractivity contribution in [2.24, 2.45) is 5.73 Å². The molecule has 0 heterocycles. The second-order valence-corrected chi connectivity index (χ2v) is 2.31. The Kier molecular flexibility index (Phi) is 5.18. The lowest BCUT2D eigenvalue weighted by molar-refractivity contribution is 0.887. The van der Waals surface area contributed by atoms with Gasteiger partial charge in [-0.2, -0.15) is 0 Å². The molecule has 1 heteroatoms. The number of nitrogens with two attached hydrogens (primary N) is 1. The van der Waals surface area contributed by atoms with Crippen LogP contribution in [0.3, 0.4) is 0 Å². The first kappa shape index (κ1) is 9.96. The van der Waals surface area contributed by atoms with Crippen LogP contribution in [-0.2, 0) is 0 Å². The van der Waals surface area contributed by atoms with E-state index in [1.165, 1.54) is 0 Å². The summed E-state index contributed by atoms with van der Waals surface area (Å²) in [6.07, 6.45) is 7.74. The van der Waals surface area contributed by atoms with Gasteiger partial charge in [-0.05, 0) is 19.9 Å². The van der Waals surface area contributed by atoms with Crippen molar-refractivity contribution >= 4 is 0 Å². The van der Waals surface area contributed by atoms with Gasteiger partial charge in [0.25, 0.3) is 0 Å². The highest BCUT2D eigenvalue weighted by Crippen LogP contribution is 1.98. The average molecular weight is 149 g/mol. The third-order valence-electron chi connectivity index (χ3n) is 1.27. The van der Waals surface area contributed by atoms with E-state index in [0.29, 0.717) is 0 Å². The molecule has 0 aromatic rings. The highest BCUT2D eigenvalue weighted by atomic mass is 14.6. The molecule has 0 radical (unpaired) electrons. The van der Waals surface area contributed by atoms with E-state index in [9.17, 15) is 0 Å². The maximum Gasteiger partial charge on any atom is 0.0339 e. The van der Waals surface area contributed by atoms with Crippen molar-refractivity contribution in [1.82, 2.24) is 0 Å². The summed E-state index contributed by atoms with van der Waals surface area (Å²) in [6, 6.07) is 0.00834. The zero-order valence-corrected chi connectivity index (χ0v) is 7.17. The third-order valence-corrected chi connectivity index (χ3v) is 1.27. The minimum absolute atomic E-state index is 0.00834. The van der Waals surface area contributed by atoms with Crippen LogP contribution in [0.15, 0.2) is 42.2 Å². The quantitative estimate of drug-likeness (QED) is 0.483. The highest BCUT2D eigenvalue weighted by Gasteiger charge is 1.94. The molecule has 0 amide bonds. The fourth-order valence-corrected chi connectivity index (χ4v) is 0.642. The molecule has 11 heavy (non-hydrogen) atoms. The molecule has 1 nitrogen and oxygen atoms in total. The summed E-state index contributed by atoms with van der Waals surface area (Å²) >= 11 is 0. The maximum absolute atomic E-state index is 5.61. The molecule has 0 saturated heterocycles. The first-order valence-corrected chi connectivity index (χ1v) is 3.67. The number of allylic oxidation sites excluding steroid dienone is 3. The molecule has 0 spiro atoms. The summed E-state index contributed by atoms with van der Waals surface area (Å²) in [7, 11) is 0. The molecule has 0 aliphatic heterocycles. The fourth-order valence-electron chi connectivity index (χ4n) is 0.642. The second kappa shape index (κ2) is 5.72. The van der Waals surface area contributed by atoms with Gasteiger partial charge in [0.15, 0.2) is 0 Å². The Morgan fingerprint density at radius 3 is 2.55 bits per heavy atom. The minimum Gasteiger partial charge on any atom is -0.324 e. The molecule has 0 bridgehead atoms. The van der Waals surface area contributed by atoms with E-state index in [-0.39, 0.29) is 6.04 Å². The SMILES string of the molecule is C=C=C(/C=C\C=C/C)[C@H](C)N. The van der Waals surface area contributed by atoms with E-state index in [1.807, 2.05) is 38.2 Å². The van der Waals surface area contributed by atoms with Crippen molar-refractivity contribution in [1.29, 1.82) is 0 Å². The summed E-state index contributed by atoms with van der Waals surface area (Å²) in [5.74, 6) is 0. The minimum atomic E-state index is 0.00834. The smallest absolute Gasteiger partial charge is 0.0339 e. The predicted octanol–water partition coefficient (Wildman–Crippen LogP) is 2.18. The topological polar surface area (TPSA) is 26.0 Å². The van der Waals surface area contributed by atoms with Gasteiger partial charge in [0.1, 0.15) is 0 Å². The number of hydrogen-bond donors (Lipinski definition) is 1. The number of rotatable bonds is 3. The van der Waals surface area contributed by atoms with E-state index in [2.05, 4.69) is 12.3 Å². The lowest BCUT2D eigenvalue weighted by Gasteiger charge is -2.00. The van der Waals surface area contributed by atoms with E-state index >= 15 is 0 Å². The molecule has 1 atom stereocenters. The molecular formula is C10H15N.